The average molecular weight is 1100 g/mol. The van der Waals surface area contributed by atoms with Gasteiger partial charge < -0.3 is 44.2 Å². The third-order valence-corrected chi connectivity index (χ3v) is 16.5. The maximum Gasteiger partial charge on any atom is 0.412 e. The molecule has 0 spiro atoms. The lowest BCUT2D eigenvalue weighted by Crippen LogP contribution is -2.70. The van der Waals surface area contributed by atoms with E-state index in [9.17, 15) is 25.1 Å². The van der Waals surface area contributed by atoms with E-state index in [1.807, 2.05) is 59.5 Å². The van der Waals surface area contributed by atoms with Crippen LogP contribution in [0.5, 0.6) is 11.5 Å². The van der Waals surface area contributed by atoms with Crippen molar-refractivity contribution < 1.29 is 48.5 Å². The number of nitro benzene ring substituents is 1. The fourth-order valence-corrected chi connectivity index (χ4v) is 12.5. The Bertz CT molecular complexity index is 2750. The highest BCUT2D eigenvalue weighted by atomic mass is 16.8. The summed E-state index contributed by atoms with van der Waals surface area (Å²) in [6.07, 6.45) is 24.8. The summed E-state index contributed by atoms with van der Waals surface area (Å²) in [6, 6.07) is 24.8. The van der Waals surface area contributed by atoms with Crippen LogP contribution in [0.4, 0.5) is 10.5 Å². The maximum absolute atomic E-state index is 15.6. The predicted octanol–water partition coefficient (Wildman–Crippen LogP) is 13.7. The van der Waals surface area contributed by atoms with Gasteiger partial charge in [-0.05, 0) is 121 Å². The molecule has 2 fully saturated rings. The summed E-state index contributed by atoms with van der Waals surface area (Å²) in [6.45, 7) is 7.68. The Labute approximate surface area is 472 Å². The molecule has 0 aromatic heterocycles. The number of amides is 2. The van der Waals surface area contributed by atoms with Crippen LogP contribution in [0.2, 0.25) is 0 Å². The quantitative estimate of drug-likeness (QED) is 0.0143. The summed E-state index contributed by atoms with van der Waals surface area (Å²) >= 11 is 0. The van der Waals surface area contributed by atoms with Gasteiger partial charge in [-0.15, -0.1) is 6.58 Å². The van der Waals surface area contributed by atoms with Crippen molar-refractivity contribution in [3.63, 3.8) is 0 Å². The summed E-state index contributed by atoms with van der Waals surface area (Å²) in [4.78, 5) is 48.5. The van der Waals surface area contributed by atoms with E-state index in [1.54, 1.807) is 30.4 Å². The Morgan fingerprint density at radius 2 is 1.62 bits per heavy atom. The Morgan fingerprint density at radius 3 is 2.35 bits per heavy atom. The minimum absolute atomic E-state index is 0.0285. The molecule has 430 valence electrons. The zero-order valence-electron chi connectivity index (χ0n) is 46.9. The van der Waals surface area contributed by atoms with Crippen molar-refractivity contribution >= 4 is 40.2 Å². The van der Waals surface area contributed by atoms with Crippen LogP contribution in [0.3, 0.4) is 0 Å². The number of nitro groups is 1. The highest BCUT2D eigenvalue weighted by molar-refractivity contribution is 6.03. The smallest absolute Gasteiger partial charge is 0.412 e. The van der Waals surface area contributed by atoms with Crippen LogP contribution >= 0.6 is 0 Å². The highest BCUT2D eigenvalue weighted by Gasteiger charge is 2.65. The van der Waals surface area contributed by atoms with Crippen molar-refractivity contribution in [1.82, 2.24) is 10.2 Å². The zero-order valence-corrected chi connectivity index (χ0v) is 46.9. The minimum Gasteiger partial charge on any atom is -0.459 e. The maximum atomic E-state index is 15.6. The molecule has 80 heavy (non-hydrogen) atoms. The number of ether oxygens (including phenoxy) is 4. The number of rotatable bonds is 31. The summed E-state index contributed by atoms with van der Waals surface area (Å²) < 4.78 is 27.0. The number of hydrogen-bond acceptors (Lipinski definition) is 12. The highest BCUT2D eigenvalue weighted by Crippen LogP contribution is 2.62. The second-order valence-electron chi connectivity index (χ2n) is 22.0. The molecule has 7 unspecified atom stereocenters. The topological polar surface area (TPSA) is 192 Å². The van der Waals surface area contributed by atoms with Gasteiger partial charge in [-0.1, -0.05) is 137 Å². The Balaban J connectivity index is 1.23. The van der Waals surface area contributed by atoms with Crippen LogP contribution in [0.15, 0.2) is 120 Å². The van der Waals surface area contributed by atoms with Gasteiger partial charge in [0, 0.05) is 68.8 Å². The van der Waals surface area contributed by atoms with Crippen LogP contribution in [0, 0.1) is 27.9 Å². The molecule has 0 radical (unpaired) electrons. The van der Waals surface area contributed by atoms with E-state index in [1.165, 1.54) is 63.2 Å². The van der Waals surface area contributed by atoms with Crippen molar-refractivity contribution in [3.8, 4) is 11.5 Å². The van der Waals surface area contributed by atoms with Crippen LogP contribution in [-0.2, 0) is 25.7 Å². The normalized spacial score (nSPS) is 22.7. The van der Waals surface area contributed by atoms with Crippen LogP contribution < -0.4 is 14.8 Å². The Hall–Kier alpha value is -6.39. The molecule has 2 heterocycles. The first-order chi connectivity index (χ1) is 39.2. The molecule has 2 amide bonds. The van der Waals surface area contributed by atoms with E-state index in [-0.39, 0.29) is 62.1 Å². The number of non-ortho nitro benzene ring substituents is 1. The van der Waals surface area contributed by atoms with E-state index < -0.39 is 35.1 Å². The number of carbonyl (C=O) groups is 2. The van der Waals surface area contributed by atoms with Crippen molar-refractivity contribution in [2.24, 2.45) is 22.9 Å². The number of hydrogen-bond donors (Lipinski definition) is 3. The fraction of sp³-hybridized carbons (Fsp3) is 0.523. The van der Waals surface area contributed by atoms with Crippen molar-refractivity contribution in [2.45, 2.75) is 166 Å². The number of fused-ring (bicyclic) bond motifs is 3. The van der Waals surface area contributed by atoms with Crippen LogP contribution in [0.25, 0.3) is 16.8 Å². The largest absolute Gasteiger partial charge is 0.459 e. The molecule has 1 saturated carbocycles. The molecule has 4 aromatic rings. The molecule has 2 aliphatic carbocycles. The molecular weight excluding hydrogens is 1010 g/mol. The van der Waals surface area contributed by atoms with Gasteiger partial charge in [0.15, 0.2) is 0 Å². The summed E-state index contributed by atoms with van der Waals surface area (Å²) in [5.74, 6) is -2.16. The second-order valence-corrected chi connectivity index (χ2v) is 22.0. The summed E-state index contributed by atoms with van der Waals surface area (Å²) in [5, 5.41) is 41.9. The third kappa shape index (κ3) is 15.3. The molecule has 15 heteroatoms. The van der Waals surface area contributed by atoms with E-state index in [0.29, 0.717) is 55.2 Å². The van der Waals surface area contributed by atoms with Gasteiger partial charge in [0.05, 0.1) is 29.8 Å². The molecule has 4 aromatic carbocycles. The minimum atomic E-state index is -1.58. The summed E-state index contributed by atoms with van der Waals surface area (Å²) in [7, 11) is 0. The predicted molar refractivity (Wildman–Crippen MR) is 312 cm³/mol. The molecule has 8 rings (SSSR count). The monoisotopic (exact) mass is 1100 g/mol. The first kappa shape index (κ1) is 59.7. The number of aliphatic hydroxyl groups is 2. The lowest BCUT2D eigenvalue weighted by Gasteiger charge is -2.60. The van der Waals surface area contributed by atoms with Crippen LogP contribution in [-0.4, -0.2) is 88.8 Å². The number of allylic oxidation sites excluding steroid dienone is 1. The van der Waals surface area contributed by atoms with Crippen molar-refractivity contribution in [2.75, 3.05) is 33.0 Å². The number of nitrogens with one attached hydrogen (secondary N) is 1. The van der Waals surface area contributed by atoms with Gasteiger partial charge in [-0.3, -0.25) is 14.9 Å². The van der Waals surface area contributed by atoms with E-state index in [4.69, 9.17) is 28.9 Å². The number of carbonyl (C=O) groups excluding carboxylic acids is 2. The summed E-state index contributed by atoms with van der Waals surface area (Å²) in [5.41, 5.74) is 3.74. The van der Waals surface area contributed by atoms with Crippen LogP contribution in [0.1, 0.15) is 158 Å². The standard InChI is InChI=1S/C65H84N4O11/c1-3-5-6-7-8-9-10-11-12-18-38-66-64(73)78-52-35-36-58-56(44-52)62-54(28-16-20-40-71)49(24-15-19-39-70)43-55-57(67-80-61-29-17-21-42-76-61)45-59(65(79-58,63(55)62)77-41-4-2)68(46-50-26-22-25-48-23-13-14-27-53(48)50)60(72)37-32-47-30-33-51(34-31-47)69(74)75/h4,13-14,22-23,25-27,30-37,43-44,49,54,59,61-63,70-71H,2-3,5-12,15-21,24,28-29,38-42,45-46H2,1H3,(H,66,73). The zero-order chi connectivity index (χ0) is 56.1. The van der Waals surface area contributed by atoms with Gasteiger partial charge >= 0.3 is 6.09 Å². The molecule has 3 N–H and O–H groups in total. The average Bonchev–Trinajstić information content (AvgIpc) is 3.58. The van der Waals surface area contributed by atoms with Gasteiger partial charge in [-0.2, -0.15) is 0 Å². The first-order valence-corrected chi connectivity index (χ1v) is 29.7. The molecule has 2 aliphatic heterocycles. The van der Waals surface area contributed by atoms with Gasteiger partial charge in [0.1, 0.15) is 17.5 Å². The van der Waals surface area contributed by atoms with E-state index in [2.05, 4.69) is 24.9 Å². The first-order valence-electron chi connectivity index (χ1n) is 29.7. The molecule has 15 nitrogen and oxygen atoms in total. The fourth-order valence-electron chi connectivity index (χ4n) is 12.5. The van der Waals surface area contributed by atoms with E-state index in [0.717, 1.165) is 85.3 Å². The van der Waals surface area contributed by atoms with Gasteiger partial charge in [0.25, 0.3) is 5.69 Å². The number of benzene rings is 4. The Morgan fingerprint density at radius 1 is 0.887 bits per heavy atom. The van der Waals surface area contributed by atoms with Crippen molar-refractivity contribution in [3.05, 3.63) is 142 Å². The SMILES string of the molecule is C=CCOC12Oc3ccc(OC(=O)NCCCCCCCCCCCC)cc3C3C(CCCCO)C(CCCCO)C=C(C(=NOC4CCCCO4)CC1N(Cc1cccc4ccccc14)C(=O)C=Cc1ccc([N+](=O)[O-])cc1)C32. The molecular formula is C65H84N4O11. The lowest BCUT2D eigenvalue weighted by molar-refractivity contribution is -0.384. The molecule has 4 aliphatic rings. The van der Waals surface area contributed by atoms with Gasteiger partial charge in [-0.25, -0.2) is 4.79 Å². The molecule has 0 bridgehead atoms. The van der Waals surface area contributed by atoms with Gasteiger partial charge in [0.2, 0.25) is 18.0 Å². The third-order valence-electron chi connectivity index (χ3n) is 16.5. The molecule has 7 atom stereocenters. The number of unbranched alkanes of at least 4 members (excludes halogenated alkanes) is 11. The Kier molecular flexibility index (Phi) is 22.7. The number of oxime groups is 1. The number of nitrogens with zero attached hydrogens (tertiary/aromatic N) is 3. The van der Waals surface area contributed by atoms with Crippen molar-refractivity contribution in [1.29, 1.82) is 0 Å². The van der Waals surface area contributed by atoms with E-state index >= 15 is 4.79 Å². The number of aliphatic hydroxyl groups excluding tert-OH is 2. The molecule has 1 saturated heterocycles. The second kappa shape index (κ2) is 30.4. The lowest BCUT2D eigenvalue weighted by atomic mass is 9.55.